The van der Waals surface area contributed by atoms with Crippen LogP contribution in [0.25, 0.3) is 0 Å². The SMILES string of the molecule is O=[N+]([O-])c1cccc([C@@H]2[NH2+]CCS2)c1. The summed E-state index contributed by atoms with van der Waals surface area (Å²) in [7, 11) is 0. The quantitative estimate of drug-likeness (QED) is 0.584. The number of thioether (sulfide) groups is 1. The third kappa shape index (κ3) is 1.88. The Morgan fingerprint density at radius 1 is 1.57 bits per heavy atom. The molecule has 1 atom stereocenters. The maximum absolute atomic E-state index is 10.6. The Morgan fingerprint density at radius 2 is 2.43 bits per heavy atom. The van der Waals surface area contributed by atoms with E-state index >= 15 is 0 Å². The largest absolute Gasteiger partial charge is 0.331 e. The van der Waals surface area contributed by atoms with Gasteiger partial charge in [0.2, 0.25) is 0 Å². The van der Waals surface area contributed by atoms with Crippen LogP contribution in [-0.2, 0) is 0 Å². The number of rotatable bonds is 2. The van der Waals surface area contributed by atoms with Gasteiger partial charge in [0.25, 0.3) is 5.69 Å². The van der Waals surface area contributed by atoms with E-state index in [0.29, 0.717) is 5.37 Å². The average Bonchev–Trinajstić information content (AvgIpc) is 2.71. The van der Waals surface area contributed by atoms with Gasteiger partial charge in [-0.05, 0) is 0 Å². The van der Waals surface area contributed by atoms with Crippen LogP contribution in [0.15, 0.2) is 24.3 Å². The highest BCUT2D eigenvalue weighted by molar-refractivity contribution is 7.99. The standard InChI is InChI=1S/C9H10N2O2S/c12-11(13)8-3-1-2-7(6-8)9-10-4-5-14-9/h1-3,6,9-10H,4-5H2/p+1/t9-/m1/s1. The molecule has 0 radical (unpaired) electrons. The molecule has 0 saturated carbocycles. The topological polar surface area (TPSA) is 59.8 Å². The fourth-order valence-corrected chi connectivity index (χ4v) is 2.67. The maximum atomic E-state index is 10.6. The number of hydrogen-bond donors (Lipinski definition) is 1. The first kappa shape index (κ1) is 9.48. The van der Waals surface area contributed by atoms with Crippen molar-refractivity contribution in [2.24, 2.45) is 0 Å². The molecule has 0 aromatic heterocycles. The molecule has 74 valence electrons. The van der Waals surface area contributed by atoms with Crippen molar-refractivity contribution >= 4 is 17.4 Å². The second kappa shape index (κ2) is 3.98. The van der Waals surface area contributed by atoms with Crippen molar-refractivity contribution in [3.8, 4) is 0 Å². The molecule has 1 aromatic rings. The van der Waals surface area contributed by atoms with Crippen LogP contribution in [0.4, 0.5) is 5.69 Å². The van der Waals surface area contributed by atoms with Crippen molar-refractivity contribution in [1.29, 1.82) is 0 Å². The smallest absolute Gasteiger partial charge is 0.269 e. The van der Waals surface area contributed by atoms with Gasteiger partial charge in [0.1, 0.15) is 0 Å². The molecule has 4 nitrogen and oxygen atoms in total. The summed E-state index contributed by atoms with van der Waals surface area (Å²) < 4.78 is 0. The van der Waals surface area contributed by atoms with Crippen molar-refractivity contribution in [2.45, 2.75) is 5.37 Å². The monoisotopic (exact) mass is 211 g/mol. The lowest BCUT2D eigenvalue weighted by Crippen LogP contribution is -2.81. The Labute approximate surface area is 85.8 Å². The molecule has 0 bridgehead atoms. The first-order valence-electron chi connectivity index (χ1n) is 4.46. The lowest BCUT2D eigenvalue weighted by atomic mass is 10.2. The lowest BCUT2D eigenvalue weighted by molar-refractivity contribution is -0.663. The van der Waals surface area contributed by atoms with Crippen molar-refractivity contribution in [2.75, 3.05) is 12.3 Å². The van der Waals surface area contributed by atoms with E-state index in [0.717, 1.165) is 17.9 Å². The van der Waals surface area contributed by atoms with Crippen LogP contribution in [0.1, 0.15) is 10.9 Å². The highest BCUT2D eigenvalue weighted by atomic mass is 32.2. The summed E-state index contributed by atoms with van der Waals surface area (Å²) in [6.07, 6.45) is 0. The zero-order valence-electron chi connectivity index (χ0n) is 7.55. The van der Waals surface area contributed by atoms with Crippen LogP contribution in [0.2, 0.25) is 0 Å². The van der Waals surface area contributed by atoms with E-state index in [1.165, 1.54) is 6.07 Å². The van der Waals surface area contributed by atoms with E-state index in [9.17, 15) is 10.1 Å². The molecule has 1 heterocycles. The van der Waals surface area contributed by atoms with Gasteiger partial charge in [0, 0.05) is 23.4 Å². The van der Waals surface area contributed by atoms with Crippen LogP contribution >= 0.6 is 11.8 Å². The minimum Gasteiger partial charge on any atom is -0.331 e. The van der Waals surface area contributed by atoms with Crippen LogP contribution in [0, 0.1) is 10.1 Å². The number of hydrogen-bond acceptors (Lipinski definition) is 3. The maximum Gasteiger partial charge on any atom is 0.269 e. The van der Waals surface area contributed by atoms with Crippen LogP contribution in [0.5, 0.6) is 0 Å². The zero-order chi connectivity index (χ0) is 9.97. The first-order chi connectivity index (χ1) is 6.77. The minimum atomic E-state index is -0.344. The highest BCUT2D eigenvalue weighted by Gasteiger charge is 2.22. The predicted molar refractivity (Wildman–Crippen MR) is 55.1 cm³/mol. The molecule has 2 N–H and O–H groups in total. The number of nitrogens with zero attached hydrogens (tertiary/aromatic N) is 1. The predicted octanol–water partition coefficient (Wildman–Crippen LogP) is 0.904. The number of nitro groups is 1. The highest BCUT2D eigenvalue weighted by Crippen LogP contribution is 2.26. The van der Waals surface area contributed by atoms with E-state index < -0.39 is 0 Å². The summed E-state index contributed by atoms with van der Waals surface area (Å²) >= 11 is 1.84. The van der Waals surface area contributed by atoms with E-state index in [1.54, 1.807) is 12.1 Å². The third-order valence-corrected chi connectivity index (χ3v) is 3.50. The molecule has 5 heteroatoms. The molecule has 0 aliphatic carbocycles. The van der Waals surface area contributed by atoms with Crippen molar-refractivity contribution in [3.63, 3.8) is 0 Å². The normalized spacial score (nSPS) is 21.0. The van der Waals surface area contributed by atoms with E-state index in [1.807, 2.05) is 17.8 Å². The second-order valence-electron chi connectivity index (χ2n) is 3.17. The summed E-state index contributed by atoms with van der Waals surface area (Å²) in [6, 6.07) is 6.90. The molecule has 2 rings (SSSR count). The molecular formula is C9H11N2O2S+. The van der Waals surface area contributed by atoms with Crippen LogP contribution in [0.3, 0.4) is 0 Å². The van der Waals surface area contributed by atoms with Gasteiger partial charge in [0.15, 0.2) is 5.37 Å². The van der Waals surface area contributed by atoms with E-state index in [4.69, 9.17) is 0 Å². The summed E-state index contributed by atoms with van der Waals surface area (Å²) in [4.78, 5) is 10.2. The lowest BCUT2D eigenvalue weighted by Gasteiger charge is -2.05. The van der Waals surface area contributed by atoms with Gasteiger partial charge in [-0.2, -0.15) is 0 Å². The Bertz CT molecular complexity index is 350. The van der Waals surface area contributed by atoms with Gasteiger partial charge in [0.05, 0.1) is 11.5 Å². The van der Waals surface area contributed by atoms with Gasteiger partial charge in [-0.3, -0.25) is 10.1 Å². The molecule has 1 saturated heterocycles. The molecule has 1 aromatic carbocycles. The molecule has 1 aliphatic heterocycles. The Morgan fingerprint density at radius 3 is 3.07 bits per heavy atom. The number of nitrogens with two attached hydrogens (primary N) is 1. The molecule has 1 fully saturated rings. The van der Waals surface area contributed by atoms with Gasteiger partial charge in [-0.15, -0.1) is 0 Å². The van der Waals surface area contributed by atoms with Crippen molar-refractivity contribution < 1.29 is 10.2 Å². The molecule has 1 aliphatic rings. The Kier molecular flexibility index (Phi) is 2.69. The van der Waals surface area contributed by atoms with Gasteiger partial charge in [-0.25, -0.2) is 0 Å². The summed E-state index contributed by atoms with van der Waals surface area (Å²) in [5.41, 5.74) is 1.23. The summed E-state index contributed by atoms with van der Waals surface area (Å²) in [6.45, 7) is 1.10. The Balaban J connectivity index is 2.25. The molecule has 0 spiro atoms. The molecule has 0 unspecified atom stereocenters. The fourth-order valence-electron chi connectivity index (χ4n) is 1.53. The average molecular weight is 211 g/mol. The second-order valence-corrected chi connectivity index (χ2v) is 4.42. The molecule has 14 heavy (non-hydrogen) atoms. The third-order valence-electron chi connectivity index (χ3n) is 2.21. The molecule has 0 amide bonds. The summed E-state index contributed by atoms with van der Waals surface area (Å²) in [5, 5.41) is 13.1. The van der Waals surface area contributed by atoms with Crippen molar-refractivity contribution in [3.05, 3.63) is 39.9 Å². The van der Waals surface area contributed by atoms with Crippen LogP contribution < -0.4 is 5.32 Å². The number of quaternary nitrogens is 1. The zero-order valence-corrected chi connectivity index (χ0v) is 8.37. The minimum absolute atomic E-state index is 0.184. The summed E-state index contributed by atoms with van der Waals surface area (Å²) in [5.74, 6) is 1.12. The first-order valence-corrected chi connectivity index (χ1v) is 5.51. The fraction of sp³-hybridized carbons (Fsp3) is 0.333. The molecular weight excluding hydrogens is 200 g/mol. The number of non-ortho nitro benzene ring substituents is 1. The van der Waals surface area contributed by atoms with E-state index in [2.05, 4.69) is 5.32 Å². The number of benzene rings is 1. The Hall–Kier alpha value is -1.07. The van der Waals surface area contributed by atoms with Gasteiger partial charge < -0.3 is 5.32 Å². The van der Waals surface area contributed by atoms with E-state index in [-0.39, 0.29) is 10.6 Å². The van der Waals surface area contributed by atoms with Crippen LogP contribution in [-0.4, -0.2) is 17.2 Å². The van der Waals surface area contributed by atoms with Gasteiger partial charge >= 0.3 is 0 Å². The number of nitro benzene ring substituents is 1. The van der Waals surface area contributed by atoms with Crippen molar-refractivity contribution in [1.82, 2.24) is 0 Å². The van der Waals surface area contributed by atoms with Gasteiger partial charge in [-0.1, -0.05) is 23.9 Å².